The van der Waals surface area contributed by atoms with Crippen molar-refractivity contribution in [3.05, 3.63) is 34.9 Å². The highest BCUT2D eigenvalue weighted by Gasteiger charge is 2.23. The third-order valence-corrected chi connectivity index (χ3v) is 2.70. The highest BCUT2D eigenvalue weighted by molar-refractivity contribution is 5.87. The van der Waals surface area contributed by atoms with Crippen LogP contribution < -0.4 is 0 Å². The van der Waals surface area contributed by atoms with Gasteiger partial charge < -0.3 is 14.6 Å². The minimum atomic E-state index is -1.46. The number of aliphatic carboxylic acids is 1. The molecule has 0 spiro atoms. The summed E-state index contributed by atoms with van der Waals surface area (Å²) in [5.41, 5.74) is -0.381. The van der Waals surface area contributed by atoms with Crippen LogP contribution in [0.15, 0.2) is 12.1 Å². The summed E-state index contributed by atoms with van der Waals surface area (Å²) >= 11 is 0. The van der Waals surface area contributed by atoms with Gasteiger partial charge in [-0.15, -0.1) is 0 Å². The van der Waals surface area contributed by atoms with Gasteiger partial charge in [0, 0.05) is 17.4 Å². The average Bonchev–Trinajstić information content (AvgIpc) is 2.38. The van der Waals surface area contributed by atoms with Crippen molar-refractivity contribution in [3.8, 4) is 11.8 Å². The van der Waals surface area contributed by atoms with Crippen molar-refractivity contribution in [2.75, 3.05) is 13.2 Å². The fraction of sp³-hybridized carbons (Fsp3) is 0.357. The van der Waals surface area contributed by atoms with Crippen LogP contribution in [0.3, 0.4) is 0 Å². The van der Waals surface area contributed by atoms with Gasteiger partial charge in [-0.05, 0) is 18.1 Å². The molecule has 0 aliphatic carbocycles. The lowest BCUT2D eigenvalue weighted by Crippen LogP contribution is -2.25. The van der Waals surface area contributed by atoms with Crippen molar-refractivity contribution in [1.29, 1.82) is 0 Å². The first kappa shape index (κ1) is 14.4. The van der Waals surface area contributed by atoms with E-state index in [9.17, 15) is 13.6 Å². The molecule has 2 rings (SSSR count). The Morgan fingerprint density at radius 3 is 2.35 bits per heavy atom. The Morgan fingerprint density at radius 1 is 1.30 bits per heavy atom. The van der Waals surface area contributed by atoms with Gasteiger partial charge in [-0.25, -0.2) is 13.6 Å². The standard InChI is InChI=1S/C14H12F2O4/c1-8-6-19-14(20-7-8)9-4-11(15)10(12(16)5-9)2-3-13(17)18/h4-5,8,14H,6-7H2,1H3,(H,17,18). The highest BCUT2D eigenvalue weighted by Crippen LogP contribution is 2.27. The summed E-state index contributed by atoms with van der Waals surface area (Å²) < 4.78 is 38.2. The lowest BCUT2D eigenvalue weighted by molar-refractivity contribution is -0.202. The number of carboxylic acids is 1. The van der Waals surface area contributed by atoms with Gasteiger partial charge in [-0.2, -0.15) is 0 Å². The van der Waals surface area contributed by atoms with Crippen LogP contribution in [-0.2, 0) is 14.3 Å². The van der Waals surface area contributed by atoms with E-state index in [1.807, 2.05) is 12.8 Å². The quantitative estimate of drug-likeness (QED) is 0.801. The maximum atomic E-state index is 13.7. The second kappa shape index (κ2) is 5.99. The minimum absolute atomic E-state index is 0.202. The molecule has 0 amide bonds. The van der Waals surface area contributed by atoms with E-state index in [1.54, 1.807) is 5.92 Å². The van der Waals surface area contributed by atoms with Crippen LogP contribution >= 0.6 is 0 Å². The molecule has 1 aliphatic rings. The van der Waals surface area contributed by atoms with Gasteiger partial charge in [0.15, 0.2) is 6.29 Å². The number of halogens is 2. The second-order valence-corrected chi connectivity index (χ2v) is 4.52. The van der Waals surface area contributed by atoms with E-state index < -0.39 is 29.5 Å². The van der Waals surface area contributed by atoms with E-state index in [-0.39, 0.29) is 11.5 Å². The van der Waals surface area contributed by atoms with Crippen molar-refractivity contribution in [2.24, 2.45) is 5.92 Å². The van der Waals surface area contributed by atoms with Crippen LogP contribution in [0.2, 0.25) is 0 Å². The Labute approximate surface area is 114 Å². The van der Waals surface area contributed by atoms with Crippen molar-refractivity contribution >= 4 is 5.97 Å². The van der Waals surface area contributed by atoms with Crippen molar-refractivity contribution in [2.45, 2.75) is 13.2 Å². The van der Waals surface area contributed by atoms with Crippen molar-refractivity contribution < 1.29 is 28.2 Å². The van der Waals surface area contributed by atoms with Crippen LogP contribution in [0, 0.1) is 29.4 Å². The Kier molecular flexibility index (Phi) is 4.32. The van der Waals surface area contributed by atoms with Gasteiger partial charge in [-0.3, -0.25) is 0 Å². The molecule has 106 valence electrons. The van der Waals surface area contributed by atoms with Gasteiger partial charge in [-0.1, -0.05) is 6.92 Å². The molecule has 0 unspecified atom stereocenters. The van der Waals surface area contributed by atoms with Crippen LogP contribution in [0.25, 0.3) is 0 Å². The molecule has 1 saturated heterocycles. The maximum Gasteiger partial charge on any atom is 0.382 e. The Morgan fingerprint density at radius 2 is 1.85 bits per heavy atom. The van der Waals surface area contributed by atoms with Gasteiger partial charge in [0.05, 0.1) is 18.8 Å². The van der Waals surface area contributed by atoms with Gasteiger partial charge in [0.25, 0.3) is 0 Å². The summed E-state index contributed by atoms with van der Waals surface area (Å²) in [4.78, 5) is 10.3. The number of carboxylic acid groups (broad SMARTS) is 1. The molecule has 0 atom stereocenters. The van der Waals surface area contributed by atoms with E-state index in [1.165, 1.54) is 0 Å². The zero-order valence-electron chi connectivity index (χ0n) is 10.7. The van der Waals surface area contributed by atoms with E-state index in [0.29, 0.717) is 13.2 Å². The summed E-state index contributed by atoms with van der Waals surface area (Å²) in [6.07, 6.45) is -0.823. The monoisotopic (exact) mass is 282 g/mol. The molecule has 6 heteroatoms. The van der Waals surface area contributed by atoms with Gasteiger partial charge in [0.1, 0.15) is 11.6 Å². The largest absolute Gasteiger partial charge is 0.472 e. The third-order valence-electron chi connectivity index (χ3n) is 2.70. The second-order valence-electron chi connectivity index (χ2n) is 4.52. The first-order chi connectivity index (χ1) is 9.47. The van der Waals surface area contributed by atoms with Crippen molar-refractivity contribution in [3.63, 3.8) is 0 Å². The summed E-state index contributed by atoms with van der Waals surface area (Å²) in [5, 5.41) is 8.38. The molecular weight excluding hydrogens is 270 g/mol. The topological polar surface area (TPSA) is 55.8 Å². The first-order valence-corrected chi connectivity index (χ1v) is 5.94. The summed E-state index contributed by atoms with van der Waals surface area (Å²) in [7, 11) is 0. The molecule has 1 aromatic carbocycles. The fourth-order valence-electron chi connectivity index (χ4n) is 1.76. The molecule has 0 radical (unpaired) electrons. The predicted molar refractivity (Wildman–Crippen MR) is 64.7 cm³/mol. The van der Waals surface area contributed by atoms with Crippen LogP contribution in [0.1, 0.15) is 24.3 Å². The smallest absolute Gasteiger partial charge is 0.382 e. The summed E-state index contributed by atoms with van der Waals surface area (Å²) in [5.74, 6) is 0.486. The molecule has 1 aliphatic heterocycles. The van der Waals surface area contributed by atoms with E-state index in [0.717, 1.165) is 12.1 Å². The van der Waals surface area contributed by atoms with Gasteiger partial charge >= 0.3 is 5.97 Å². The third kappa shape index (κ3) is 3.32. The predicted octanol–water partition coefficient (Wildman–Crippen LogP) is 2.08. The maximum absolute atomic E-state index is 13.7. The fourth-order valence-corrected chi connectivity index (χ4v) is 1.76. The Bertz CT molecular complexity index is 558. The number of ether oxygens (including phenoxy) is 2. The number of hydrogen-bond donors (Lipinski definition) is 1. The molecule has 4 nitrogen and oxygen atoms in total. The lowest BCUT2D eigenvalue weighted by Gasteiger charge is -2.27. The van der Waals surface area contributed by atoms with E-state index >= 15 is 0 Å². The summed E-state index contributed by atoms with van der Waals surface area (Å²) in [6, 6.07) is 2.07. The molecular formula is C14H12F2O4. The average molecular weight is 282 g/mol. The van der Waals surface area contributed by atoms with Crippen LogP contribution in [0.4, 0.5) is 8.78 Å². The number of carbonyl (C=O) groups is 1. The summed E-state index contributed by atoms with van der Waals surface area (Å²) in [6.45, 7) is 2.81. The zero-order valence-corrected chi connectivity index (χ0v) is 10.7. The first-order valence-electron chi connectivity index (χ1n) is 5.94. The van der Waals surface area contributed by atoms with Crippen molar-refractivity contribution in [1.82, 2.24) is 0 Å². The van der Waals surface area contributed by atoms with E-state index in [2.05, 4.69) is 0 Å². The molecule has 1 fully saturated rings. The molecule has 1 aromatic rings. The molecule has 20 heavy (non-hydrogen) atoms. The molecule has 1 N–H and O–H groups in total. The molecule has 0 bridgehead atoms. The minimum Gasteiger partial charge on any atom is -0.472 e. The lowest BCUT2D eigenvalue weighted by atomic mass is 10.1. The Balaban J connectivity index is 2.27. The molecule has 1 heterocycles. The zero-order chi connectivity index (χ0) is 14.7. The highest BCUT2D eigenvalue weighted by atomic mass is 19.1. The SMILES string of the molecule is CC1COC(c2cc(F)c(C#CC(=O)O)c(F)c2)OC1. The number of benzene rings is 1. The number of rotatable bonds is 1. The molecule has 0 aromatic heterocycles. The normalized spacial score (nSPS) is 21.9. The van der Waals surface area contributed by atoms with Gasteiger partial charge in [0.2, 0.25) is 0 Å². The van der Waals surface area contributed by atoms with Crippen LogP contribution in [-0.4, -0.2) is 24.3 Å². The molecule has 0 saturated carbocycles. The van der Waals surface area contributed by atoms with Crippen LogP contribution in [0.5, 0.6) is 0 Å². The number of hydrogen-bond acceptors (Lipinski definition) is 3. The van der Waals surface area contributed by atoms with E-state index in [4.69, 9.17) is 14.6 Å². The Hall–Kier alpha value is -1.97.